The van der Waals surface area contributed by atoms with Gasteiger partial charge in [0.15, 0.2) is 0 Å². The van der Waals surface area contributed by atoms with Gasteiger partial charge in [-0.05, 0) is 33.6 Å². The number of ether oxygens (including phenoxy) is 2. The van der Waals surface area contributed by atoms with E-state index in [-0.39, 0.29) is 25.7 Å². The highest BCUT2D eigenvalue weighted by atomic mass is 19.4. The molecule has 0 amide bonds. The first-order chi connectivity index (χ1) is 10.1. The van der Waals surface area contributed by atoms with Crippen molar-refractivity contribution in [3.63, 3.8) is 0 Å². The molecule has 0 fully saturated rings. The van der Waals surface area contributed by atoms with Gasteiger partial charge in [-0.3, -0.25) is 0 Å². The Hall–Kier alpha value is -0.470. The molecule has 0 bridgehead atoms. The molecule has 1 N–H and O–H groups in total. The lowest BCUT2D eigenvalue weighted by molar-refractivity contribution is -0.298. The molecular weight excluding hydrogens is 323 g/mol. The fourth-order valence-corrected chi connectivity index (χ4v) is 2.16. The average Bonchev–Trinajstić information content (AvgIpc) is 2.32. The van der Waals surface area contributed by atoms with Crippen molar-refractivity contribution in [3.05, 3.63) is 0 Å². The van der Waals surface area contributed by atoms with E-state index in [1.54, 1.807) is 6.92 Å². The molecule has 0 rings (SSSR count). The zero-order valence-corrected chi connectivity index (χ0v) is 14.3. The molecule has 8 heteroatoms. The van der Waals surface area contributed by atoms with E-state index in [0.29, 0.717) is 0 Å². The molecule has 0 aromatic carbocycles. The molecule has 0 aromatic heterocycles. The summed E-state index contributed by atoms with van der Waals surface area (Å²) in [5.41, 5.74) is -2.02. The van der Waals surface area contributed by atoms with Crippen molar-refractivity contribution in [2.24, 2.45) is 5.41 Å². The van der Waals surface area contributed by atoms with Crippen molar-refractivity contribution in [2.45, 2.75) is 71.3 Å². The van der Waals surface area contributed by atoms with Gasteiger partial charge >= 0.3 is 12.1 Å². The van der Waals surface area contributed by atoms with Crippen molar-refractivity contribution in [1.82, 2.24) is 0 Å². The predicted molar refractivity (Wildman–Crippen MR) is 76.5 cm³/mol. The molecule has 23 heavy (non-hydrogen) atoms. The van der Waals surface area contributed by atoms with E-state index in [4.69, 9.17) is 4.74 Å². The quantitative estimate of drug-likeness (QED) is 0.601. The van der Waals surface area contributed by atoms with Crippen LogP contribution in [0.4, 0.5) is 22.0 Å². The van der Waals surface area contributed by atoms with E-state index in [0.717, 1.165) is 6.42 Å². The Kier molecular flexibility index (Phi) is 7.91. The van der Waals surface area contributed by atoms with E-state index in [2.05, 4.69) is 4.74 Å². The lowest BCUT2D eigenvalue weighted by atomic mass is 9.81. The highest BCUT2D eigenvalue weighted by molar-refractivity contribution is 4.83. The average molecular weight is 350 g/mol. The van der Waals surface area contributed by atoms with Crippen molar-refractivity contribution < 1.29 is 36.5 Å². The maximum absolute atomic E-state index is 12.9. The summed E-state index contributed by atoms with van der Waals surface area (Å²) in [4.78, 5) is 0. The van der Waals surface area contributed by atoms with Gasteiger partial charge in [0.2, 0.25) is 0 Å². The fraction of sp³-hybridized carbons (Fsp3) is 1.00. The van der Waals surface area contributed by atoms with Crippen LogP contribution in [-0.2, 0) is 9.47 Å². The number of alkyl halides is 5. The molecule has 0 radical (unpaired) electrons. The molecule has 0 aliphatic rings. The van der Waals surface area contributed by atoms with Gasteiger partial charge < -0.3 is 14.6 Å². The summed E-state index contributed by atoms with van der Waals surface area (Å²) in [6.07, 6.45) is -4.88. The van der Waals surface area contributed by atoms with Crippen LogP contribution >= 0.6 is 0 Å². The highest BCUT2D eigenvalue weighted by Crippen LogP contribution is 2.36. The zero-order valence-electron chi connectivity index (χ0n) is 14.3. The van der Waals surface area contributed by atoms with Crippen molar-refractivity contribution in [3.8, 4) is 0 Å². The van der Waals surface area contributed by atoms with Gasteiger partial charge in [-0.15, -0.1) is 0 Å². The van der Waals surface area contributed by atoms with Crippen molar-refractivity contribution in [1.29, 1.82) is 0 Å². The van der Waals surface area contributed by atoms with E-state index in [1.807, 2.05) is 13.8 Å². The van der Waals surface area contributed by atoms with Gasteiger partial charge in [-0.1, -0.05) is 13.8 Å². The van der Waals surface area contributed by atoms with Crippen LogP contribution in [0.1, 0.15) is 47.5 Å². The number of aliphatic hydroxyl groups is 1. The molecule has 2 unspecified atom stereocenters. The summed E-state index contributed by atoms with van der Waals surface area (Å²) < 4.78 is 72.3. The fourth-order valence-electron chi connectivity index (χ4n) is 2.16. The molecule has 0 aliphatic carbocycles. The second kappa shape index (κ2) is 8.07. The Morgan fingerprint density at radius 2 is 1.48 bits per heavy atom. The number of hydrogen-bond donors (Lipinski definition) is 1. The highest BCUT2D eigenvalue weighted by Gasteiger charge is 2.57. The van der Waals surface area contributed by atoms with Crippen LogP contribution in [0.25, 0.3) is 0 Å². The Morgan fingerprint density at radius 3 is 1.87 bits per heavy atom. The first-order valence-corrected chi connectivity index (χ1v) is 7.48. The maximum atomic E-state index is 12.9. The second-order valence-electron chi connectivity index (χ2n) is 7.02. The summed E-state index contributed by atoms with van der Waals surface area (Å²) in [6, 6.07) is 0. The molecule has 0 saturated carbocycles. The van der Waals surface area contributed by atoms with Gasteiger partial charge in [0.25, 0.3) is 0 Å². The molecule has 2 atom stereocenters. The SMILES string of the molecule is CCC(C)OCC(C)(COCC(F)(F)C(F)(F)F)CC(C)(C)O. The van der Waals surface area contributed by atoms with Crippen molar-refractivity contribution in [2.75, 3.05) is 19.8 Å². The predicted octanol–water partition coefficient (Wildman–Crippen LogP) is 4.18. The number of hydrogen-bond acceptors (Lipinski definition) is 3. The molecule has 140 valence electrons. The van der Waals surface area contributed by atoms with Gasteiger partial charge in [0.05, 0.1) is 24.9 Å². The minimum absolute atomic E-state index is 0.0869. The summed E-state index contributed by atoms with van der Waals surface area (Å²) in [7, 11) is 0. The lowest BCUT2D eigenvalue weighted by Gasteiger charge is -2.35. The minimum atomic E-state index is -5.65. The van der Waals surface area contributed by atoms with Crippen LogP contribution < -0.4 is 0 Å². The van der Waals surface area contributed by atoms with Crippen LogP contribution in [0.2, 0.25) is 0 Å². The Morgan fingerprint density at radius 1 is 0.957 bits per heavy atom. The summed E-state index contributed by atoms with van der Waals surface area (Å²) >= 11 is 0. The topological polar surface area (TPSA) is 38.7 Å². The summed E-state index contributed by atoms with van der Waals surface area (Å²) in [6.45, 7) is 6.36. The summed E-state index contributed by atoms with van der Waals surface area (Å²) in [5, 5.41) is 9.92. The Bertz CT molecular complexity index is 352. The van der Waals surface area contributed by atoms with E-state index < -0.39 is 29.7 Å². The van der Waals surface area contributed by atoms with Crippen LogP contribution in [0.5, 0.6) is 0 Å². The Balaban J connectivity index is 4.77. The van der Waals surface area contributed by atoms with Crippen LogP contribution in [0, 0.1) is 5.41 Å². The number of rotatable bonds is 10. The van der Waals surface area contributed by atoms with Gasteiger partial charge in [-0.2, -0.15) is 22.0 Å². The second-order valence-corrected chi connectivity index (χ2v) is 7.02. The van der Waals surface area contributed by atoms with Crippen molar-refractivity contribution >= 4 is 0 Å². The first-order valence-electron chi connectivity index (χ1n) is 7.48. The van der Waals surface area contributed by atoms with Crippen LogP contribution in [0.15, 0.2) is 0 Å². The number of halogens is 5. The van der Waals surface area contributed by atoms with E-state index in [1.165, 1.54) is 13.8 Å². The normalized spacial score (nSPS) is 17.9. The molecule has 0 aromatic rings. The van der Waals surface area contributed by atoms with Gasteiger partial charge in [0, 0.05) is 5.41 Å². The van der Waals surface area contributed by atoms with E-state index >= 15 is 0 Å². The lowest BCUT2D eigenvalue weighted by Crippen LogP contribution is -2.43. The zero-order chi connectivity index (χ0) is 18.5. The molecule has 0 aliphatic heterocycles. The molecule has 3 nitrogen and oxygen atoms in total. The Labute approximate surface area is 134 Å². The van der Waals surface area contributed by atoms with E-state index in [9.17, 15) is 27.1 Å². The largest absolute Gasteiger partial charge is 0.455 e. The van der Waals surface area contributed by atoms with Crippen LogP contribution in [-0.4, -0.2) is 48.7 Å². The standard InChI is InChI=1S/C15H27F5O3/c1-6-11(2)23-9-13(5,7-12(3,4)21)8-22-10-14(16,17)15(18,19)20/h11,21H,6-10H2,1-5H3. The third-order valence-electron chi connectivity index (χ3n) is 3.30. The first kappa shape index (κ1) is 22.5. The molecular formula is C15H27F5O3. The molecule has 0 heterocycles. The third-order valence-corrected chi connectivity index (χ3v) is 3.30. The third kappa shape index (κ3) is 8.81. The molecule has 0 saturated heterocycles. The maximum Gasteiger partial charge on any atom is 0.455 e. The summed E-state index contributed by atoms with van der Waals surface area (Å²) in [5.74, 6) is -4.90. The van der Waals surface area contributed by atoms with Crippen LogP contribution in [0.3, 0.4) is 0 Å². The smallest absolute Gasteiger partial charge is 0.390 e. The van der Waals surface area contributed by atoms with Gasteiger partial charge in [-0.25, -0.2) is 0 Å². The molecule has 0 spiro atoms. The van der Waals surface area contributed by atoms with Gasteiger partial charge in [0.1, 0.15) is 6.61 Å². The monoisotopic (exact) mass is 350 g/mol. The minimum Gasteiger partial charge on any atom is -0.390 e.